The maximum absolute atomic E-state index is 12.9. The number of esters is 2. The van der Waals surface area contributed by atoms with Crippen molar-refractivity contribution in [3.05, 3.63) is 85.1 Å². The molecule has 0 aromatic heterocycles. The molecule has 0 N–H and O–H groups in total. The highest BCUT2D eigenvalue weighted by molar-refractivity contribution is 5.70. The molecule has 0 heterocycles. The van der Waals surface area contributed by atoms with E-state index in [1.54, 1.807) is 0 Å². The number of hydrogen-bond acceptors (Lipinski definition) is 8. The Morgan fingerprint density at radius 1 is 0.365 bits per heavy atom. The molecular weight excluding hydrogens is 1050 g/mol. The van der Waals surface area contributed by atoms with Gasteiger partial charge < -0.3 is 33.3 Å². The molecule has 0 aliphatic rings. The van der Waals surface area contributed by atoms with E-state index in [0.717, 1.165) is 83.5 Å². The first kappa shape index (κ1) is 81.5. The number of carboxylic acids is 1. The van der Waals surface area contributed by atoms with E-state index >= 15 is 0 Å². The van der Waals surface area contributed by atoms with Crippen LogP contribution in [0.15, 0.2) is 85.1 Å². The Kier molecular flexibility index (Phi) is 63.7. The third-order valence-electron chi connectivity index (χ3n) is 15.6. The normalized spacial score (nSPS) is 13.2. The van der Waals surface area contributed by atoms with E-state index in [1.807, 2.05) is 21.1 Å². The van der Waals surface area contributed by atoms with Gasteiger partial charge in [-0.2, -0.15) is 0 Å². The van der Waals surface area contributed by atoms with E-state index in [4.69, 9.17) is 18.9 Å². The molecule has 0 aliphatic carbocycles. The van der Waals surface area contributed by atoms with Gasteiger partial charge in [-0.15, -0.1) is 0 Å². The van der Waals surface area contributed by atoms with Gasteiger partial charge in [-0.1, -0.05) is 304 Å². The molecule has 0 saturated carbocycles. The highest BCUT2D eigenvalue weighted by Gasteiger charge is 2.22. The Balaban J connectivity index is 4.10. The zero-order valence-electron chi connectivity index (χ0n) is 56.2. The van der Waals surface area contributed by atoms with Crippen LogP contribution in [0.2, 0.25) is 0 Å². The number of carbonyl (C=O) groups excluding carboxylic acids is 3. The number of hydrogen-bond donors (Lipinski definition) is 0. The fourth-order valence-corrected chi connectivity index (χ4v) is 10.2. The average molecular weight is 1190 g/mol. The second kappa shape index (κ2) is 66.4. The molecule has 2 unspecified atom stereocenters. The first-order valence-corrected chi connectivity index (χ1v) is 35.7. The summed E-state index contributed by atoms with van der Waals surface area (Å²) in [5.41, 5.74) is 0. The van der Waals surface area contributed by atoms with Crippen LogP contribution in [0.5, 0.6) is 0 Å². The zero-order valence-corrected chi connectivity index (χ0v) is 56.2. The van der Waals surface area contributed by atoms with Gasteiger partial charge in [0.1, 0.15) is 13.2 Å². The zero-order chi connectivity index (χ0) is 61.9. The summed E-state index contributed by atoms with van der Waals surface area (Å²) in [6, 6.07) is 0. The van der Waals surface area contributed by atoms with Gasteiger partial charge in [-0.25, -0.2) is 0 Å². The summed E-state index contributed by atoms with van der Waals surface area (Å²) in [5.74, 6) is -2.28. The summed E-state index contributed by atoms with van der Waals surface area (Å²) in [7, 11) is 5.93. The van der Waals surface area contributed by atoms with Crippen LogP contribution in [0.25, 0.3) is 0 Å². The molecular formula is C76H135NO8. The molecule has 0 aromatic rings. The van der Waals surface area contributed by atoms with Gasteiger partial charge >= 0.3 is 11.9 Å². The minimum absolute atomic E-state index is 0.145. The van der Waals surface area contributed by atoms with Crippen molar-refractivity contribution in [3.8, 4) is 0 Å². The SMILES string of the molecule is CC/C=C\C/C=C\C/C=C\C/C=C\C/C=C\C/C=C\CCCCCCCCCCCCC(=O)OC(COC(=O)CCCCCCCCCCCCCCCCCCCCC/C=C\CCCCCCCCCC)COC(OCC[N+](C)(C)C)C(=O)[O-]. The molecule has 9 heteroatoms. The Hall–Kier alpha value is -3.53. The maximum Gasteiger partial charge on any atom is 0.306 e. The quantitative estimate of drug-likeness (QED) is 0.0195. The van der Waals surface area contributed by atoms with Crippen molar-refractivity contribution >= 4 is 17.9 Å². The molecule has 0 aromatic carbocycles. The van der Waals surface area contributed by atoms with Crippen LogP contribution in [-0.4, -0.2) is 82.3 Å². The van der Waals surface area contributed by atoms with E-state index in [9.17, 15) is 19.5 Å². The molecule has 0 rings (SSSR count). The van der Waals surface area contributed by atoms with Gasteiger partial charge in [0.05, 0.1) is 40.3 Å². The molecule has 0 bridgehead atoms. The molecule has 0 aliphatic heterocycles. The largest absolute Gasteiger partial charge is 0.545 e. The Morgan fingerprint density at radius 2 is 0.671 bits per heavy atom. The van der Waals surface area contributed by atoms with E-state index in [0.29, 0.717) is 23.9 Å². The van der Waals surface area contributed by atoms with Crippen molar-refractivity contribution < 1.29 is 42.9 Å². The summed E-state index contributed by atoms with van der Waals surface area (Å²) in [5, 5.41) is 11.8. The third kappa shape index (κ3) is 67.8. The number of allylic oxidation sites excluding steroid dienone is 14. The number of unbranched alkanes of at least 4 members (excludes halogenated alkanes) is 37. The first-order chi connectivity index (χ1) is 41.6. The Labute approximate surface area is 525 Å². The lowest BCUT2D eigenvalue weighted by molar-refractivity contribution is -0.870. The topological polar surface area (TPSA) is 111 Å². The van der Waals surface area contributed by atoms with Crippen LogP contribution in [0, 0.1) is 0 Å². The fourth-order valence-electron chi connectivity index (χ4n) is 10.2. The van der Waals surface area contributed by atoms with Crippen molar-refractivity contribution in [2.24, 2.45) is 0 Å². The molecule has 85 heavy (non-hydrogen) atoms. The van der Waals surface area contributed by atoms with E-state index < -0.39 is 24.3 Å². The number of quaternary nitrogens is 1. The van der Waals surface area contributed by atoms with Crippen LogP contribution in [0.1, 0.15) is 322 Å². The van der Waals surface area contributed by atoms with E-state index in [2.05, 4.69) is 98.9 Å². The molecule has 9 nitrogen and oxygen atoms in total. The summed E-state index contributed by atoms with van der Waals surface area (Å²) in [6.45, 7) is 4.67. The van der Waals surface area contributed by atoms with Gasteiger partial charge in [0.2, 0.25) is 0 Å². The number of carboxylic acid groups (broad SMARTS) is 1. The average Bonchev–Trinajstić information content (AvgIpc) is 3.48. The Morgan fingerprint density at radius 3 is 1.01 bits per heavy atom. The monoisotopic (exact) mass is 1190 g/mol. The molecule has 0 saturated heterocycles. The molecule has 0 amide bonds. The smallest absolute Gasteiger partial charge is 0.306 e. The molecule has 492 valence electrons. The van der Waals surface area contributed by atoms with Crippen molar-refractivity contribution in [2.75, 3.05) is 47.5 Å². The number of ether oxygens (including phenoxy) is 4. The molecule has 0 fully saturated rings. The van der Waals surface area contributed by atoms with Crippen LogP contribution < -0.4 is 5.11 Å². The highest BCUT2D eigenvalue weighted by Crippen LogP contribution is 2.18. The fraction of sp³-hybridized carbons (Fsp3) is 0.776. The van der Waals surface area contributed by atoms with Crippen LogP contribution in [0.3, 0.4) is 0 Å². The number of aliphatic carboxylic acids is 1. The predicted molar refractivity (Wildman–Crippen MR) is 361 cm³/mol. The van der Waals surface area contributed by atoms with Crippen LogP contribution >= 0.6 is 0 Å². The second-order valence-electron chi connectivity index (χ2n) is 25.1. The van der Waals surface area contributed by atoms with Crippen molar-refractivity contribution in [3.63, 3.8) is 0 Å². The van der Waals surface area contributed by atoms with Gasteiger partial charge in [0.25, 0.3) is 0 Å². The van der Waals surface area contributed by atoms with Crippen LogP contribution in [-0.2, 0) is 33.3 Å². The van der Waals surface area contributed by atoms with Crippen LogP contribution in [0.4, 0.5) is 0 Å². The summed E-state index contributed by atoms with van der Waals surface area (Å²) >= 11 is 0. The lowest BCUT2D eigenvalue weighted by Crippen LogP contribution is -2.44. The van der Waals surface area contributed by atoms with Gasteiger partial charge in [-0.05, 0) is 89.9 Å². The number of nitrogens with zero attached hydrogens (tertiary/aromatic N) is 1. The van der Waals surface area contributed by atoms with E-state index in [1.165, 1.54) is 205 Å². The number of rotatable bonds is 66. The van der Waals surface area contributed by atoms with Gasteiger partial charge in [-0.3, -0.25) is 9.59 Å². The minimum Gasteiger partial charge on any atom is -0.545 e. The van der Waals surface area contributed by atoms with E-state index in [-0.39, 0.29) is 32.2 Å². The number of likely N-dealkylation sites (N-methyl/N-ethyl adjacent to an activating group) is 1. The third-order valence-corrected chi connectivity index (χ3v) is 15.6. The lowest BCUT2D eigenvalue weighted by Gasteiger charge is -2.26. The summed E-state index contributed by atoms with van der Waals surface area (Å²) in [4.78, 5) is 37.5. The van der Waals surface area contributed by atoms with Gasteiger partial charge in [0.15, 0.2) is 12.4 Å². The molecule has 0 radical (unpaired) electrons. The van der Waals surface area contributed by atoms with Crippen molar-refractivity contribution in [2.45, 2.75) is 334 Å². The Bertz CT molecular complexity index is 1670. The minimum atomic E-state index is -1.63. The first-order valence-electron chi connectivity index (χ1n) is 35.7. The second-order valence-corrected chi connectivity index (χ2v) is 25.1. The molecule has 2 atom stereocenters. The van der Waals surface area contributed by atoms with Crippen molar-refractivity contribution in [1.29, 1.82) is 0 Å². The van der Waals surface area contributed by atoms with Gasteiger partial charge in [0, 0.05) is 12.8 Å². The summed E-state index contributed by atoms with van der Waals surface area (Å²) < 4.78 is 22.8. The highest BCUT2D eigenvalue weighted by atomic mass is 16.7. The lowest BCUT2D eigenvalue weighted by atomic mass is 10.0. The predicted octanol–water partition coefficient (Wildman–Crippen LogP) is 20.9. The summed E-state index contributed by atoms with van der Waals surface area (Å²) in [6.07, 6.45) is 86.7. The number of carbonyl (C=O) groups is 3. The van der Waals surface area contributed by atoms with Crippen molar-refractivity contribution in [1.82, 2.24) is 0 Å². The maximum atomic E-state index is 12.9. The molecule has 0 spiro atoms. The standard InChI is InChI=1S/C76H135NO8/c1-6-8-10-12-14-16-18-20-22-24-26-28-30-32-34-36-37-39-40-42-44-46-48-50-52-54-56-58-60-62-64-66-73(78)83-70-72(71-84-76(75(80)81)82-69-68-77(3,4)5)85-74(79)67-65-63-61-59-57-55-53-51-49-47-45-43-41-38-35-33-31-29-27-25-23-21-19-17-15-13-11-9-7-2/h9,11,15,17,21,23-24,26-27,29,33,35,41,43,72,76H,6-8,10,12-14,16,18-20,22,25,28,30-32,34,36-40,42,44-71H2,1-5H3/b11-9-,17-15-,23-21-,26-24-,29-27-,35-33-,43-41-.